The minimum Gasteiger partial charge on any atom is -0.459 e. The third kappa shape index (κ3) is 8.12. The highest BCUT2D eigenvalue weighted by Crippen LogP contribution is 2.34. The fourth-order valence-corrected chi connectivity index (χ4v) is 2.42. The molecule has 0 bridgehead atoms. The van der Waals surface area contributed by atoms with Crippen LogP contribution in [0.1, 0.15) is 45.4 Å². The normalized spacial score (nSPS) is 12.5. The summed E-state index contributed by atoms with van der Waals surface area (Å²) in [7, 11) is 0. The van der Waals surface area contributed by atoms with E-state index < -0.39 is 14.9 Å². The van der Waals surface area contributed by atoms with Crippen molar-refractivity contribution in [1.82, 2.24) is 5.32 Å². The number of halogens is 3. The molecule has 1 aromatic carbocycles. The number of nitrogens with one attached hydrogen (secondary N) is 1. The molecule has 1 atom stereocenters. The molecule has 0 aliphatic heterocycles. The van der Waals surface area contributed by atoms with Crippen molar-refractivity contribution in [3.8, 4) is 5.75 Å². The smallest absolute Gasteiger partial charge is 0.311 e. The van der Waals surface area contributed by atoms with Crippen LogP contribution in [-0.2, 0) is 4.79 Å². The van der Waals surface area contributed by atoms with Crippen molar-refractivity contribution >= 4 is 46.4 Å². The molecule has 1 N–H and O–H groups in total. The van der Waals surface area contributed by atoms with Crippen LogP contribution in [0.4, 0.5) is 5.69 Å². The topological polar surface area (TPSA) is 81.5 Å². The molecule has 0 fully saturated rings. The number of carbonyl (C=O) groups excluding carboxylic acids is 1. The Kier molecular flexibility index (Phi) is 9.32. The number of para-hydroxylation sites is 2. The number of ether oxygens (including phenoxy) is 1. The first-order valence-electron chi connectivity index (χ1n) is 8.02. The van der Waals surface area contributed by atoms with E-state index in [4.69, 9.17) is 39.5 Å². The first-order valence-corrected chi connectivity index (χ1v) is 9.15. The van der Waals surface area contributed by atoms with Gasteiger partial charge in [-0.25, -0.2) is 0 Å². The molecule has 0 unspecified atom stereocenters. The highest BCUT2D eigenvalue weighted by molar-refractivity contribution is 6.68. The maximum atomic E-state index is 12.0. The van der Waals surface area contributed by atoms with Gasteiger partial charge >= 0.3 is 5.69 Å². The first-order chi connectivity index (χ1) is 11.8. The molecule has 140 valence electrons. The number of unbranched alkanes of at least 4 members (excludes halogenated alkanes) is 4. The Balaban J connectivity index is 2.70. The van der Waals surface area contributed by atoms with Gasteiger partial charge in [0.25, 0.3) is 0 Å². The number of alkyl halides is 3. The van der Waals surface area contributed by atoms with Crippen molar-refractivity contribution in [2.75, 3.05) is 0 Å². The van der Waals surface area contributed by atoms with E-state index in [0.29, 0.717) is 6.42 Å². The van der Waals surface area contributed by atoms with E-state index in [-0.39, 0.29) is 23.8 Å². The largest absolute Gasteiger partial charge is 0.459 e. The molecule has 0 saturated carbocycles. The average molecular weight is 412 g/mol. The summed E-state index contributed by atoms with van der Waals surface area (Å²) in [5.41, 5.74) is -0.282. The molecule has 0 saturated heterocycles. The number of benzene rings is 1. The third-order valence-corrected chi connectivity index (χ3v) is 4.00. The summed E-state index contributed by atoms with van der Waals surface area (Å²) in [6.45, 7) is 2.11. The van der Waals surface area contributed by atoms with E-state index in [1.54, 1.807) is 6.07 Å². The summed E-state index contributed by atoms with van der Waals surface area (Å²) in [4.78, 5) is 22.5. The van der Waals surface area contributed by atoms with E-state index in [1.165, 1.54) is 18.2 Å². The summed E-state index contributed by atoms with van der Waals surface area (Å²) in [6, 6.07) is 5.68. The van der Waals surface area contributed by atoms with Gasteiger partial charge in [-0.15, -0.1) is 0 Å². The number of rotatable bonds is 10. The molecule has 1 aromatic rings. The lowest BCUT2D eigenvalue weighted by molar-refractivity contribution is -0.386. The molecule has 9 heteroatoms. The second-order valence-electron chi connectivity index (χ2n) is 5.50. The SMILES string of the molecule is CCCCCCCC(=O)N[C@H](Oc1ccccc1[N+](=O)[O-])C(Cl)(Cl)Cl. The summed E-state index contributed by atoms with van der Waals surface area (Å²) in [6.07, 6.45) is 3.87. The second-order valence-corrected chi connectivity index (χ2v) is 7.87. The Bertz CT molecular complexity index is 579. The number of hydrogen-bond donors (Lipinski definition) is 1. The highest BCUT2D eigenvalue weighted by Gasteiger charge is 2.37. The molecule has 0 spiro atoms. The predicted molar refractivity (Wildman–Crippen MR) is 99.3 cm³/mol. The van der Waals surface area contributed by atoms with Crippen molar-refractivity contribution < 1.29 is 14.5 Å². The summed E-state index contributed by atoms with van der Waals surface area (Å²) in [5.74, 6) is -0.432. The highest BCUT2D eigenvalue weighted by atomic mass is 35.6. The first kappa shape index (κ1) is 21.8. The van der Waals surface area contributed by atoms with Crippen molar-refractivity contribution in [1.29, 1.82) is 0 Å². The van der Waals surface area contributed by atoms with Crippen LogP contribution in [-0.4, -0.2) is 20.9 Å². The van der Waals surface area contributed by atoms with Gasteiger partial charge in [-0.2, -0.15) is 0 Å². The Labute approximate surface area is 161 Å². The maximum absolute atomic E-state index is 12.0. The van der Waals surface area contributed by atoms with Gasteiger partial charge in [0.1, 0.15) is 0 Å². The number of nitrogens with zero attached hydrogens (tertiary/aromatic N) is 1. The van der Waals surface area contributed by atoms with Crippen LogP contribution in [0.3, 0.4) is 0 Å². The standard InChI is InChI=1S/C16H21Cl3N2O4/c1-2-3-4-5-6-11-14(22)20-15(16(17,18)19)25-13-10-8-7-9-12(13)21(23)24/h7-10,15H,2-6,11H2,1H3,(H,20,22)/t15-/m1/s1. The monoisotopic (exact) mass is 410 g/mol. The minimum atomic E-state index is -1.98. The van der Waals surface area contributed by atoms with Gasteiger partial charge in [0.15, 0.2) is 5.75 Å². The summed E-state index contributed by atoms with van der Waals surface area (Å²) in [5, 5.41) is 13.5. The molecule has 1 rings (SSSR count). The zero-order chi connectivity index (χ0) is 18.9. The Morgan fingerprint density at radius 2 is 1.88 bits per heavy atom. The third-order valence-electron chi connectivity index (χ3n) is 3.40. The lowest BCUT2D eigenvalue weighted by Gasteiger charge is -2.26. The van der Waals surface area contributed by atoms with Crippen molar-refractivity contribution in [2.45, 2.75) is 55.5 Å². The van der Waals surface area contributed by atoms with Crippen LogP contribution in [0.15, 0.2) is 24.3 Å². The fourth-order valence-electron chi connectivity index (χ4n) is 2.12. The van der Waals surface area contributed by atoms with Crippen LogP contribution in [0.25, 0.3) is 0 Å². The number of amides is 1. The van der Waals surface area contributed by atoms with Crippen molar-refractivity contribution in [3.05, 3.63) is 34.4 Å². The number of hydrogen-bond acceptors (Lipinski definition) is 4. The molecule has 25 heavy (non-hydrogen) atoms. The average Bonchev–Trinajstić information content (AvgIpc) is 2.53. The molecule has 0 aliphatic rings. The van der Waals surface area contributed by atoms with Gasteiger partial charge in [-0.3, -0.25) is 14.9 Å². The van der Waals surface area contributed by atoms with E-state index in [9.17, 15) is 14.9 Å². The Morgan fingerprint density at radius 1 is 1.24 bits per heavy atom. The molecular weight excluding hydrogens is 391 g/mol. The number of nitro groups is 1. The minimum absolute atomic E-state index is 0.0907. The van der Waals surface area contributed by atoms with Gasteiger partial charge in [0, 0.05) is 12.5 Å². The van der Waals surface area contributed by atoms with Crippen LogP contribution in [0.5, 0.6) is 5.75 Å². The molecule has 0 heterocycles. The van der Waals surface area contributed by atoms with E-state index in [1.807, 2.05) is 0 Å². The molecule has 0 aromatic heterocycles. The van der Waals surface area contributed by atoms with Crippen LogP contribution in [0.2, 0.25) is 0 Å². The van der Waals surface area contributed by atoms with E-state index >= 15 is 0 Å². The van der Waals surface area contributed by atoms with Gasteiger partial charge < -0.3 is 10.1 Å². The van der Waals surface area contributed by atoms with Gasteiger partial charge in [0.05, 0.1) is 4.92 Å². The van der Waals surface area contributed by atoms with Crippen molar-refractivity contribution in [3.63, 3.8) is 0 Å². The lowest BCUT2D eigenvalue weighted by Crippen LogP contribution is -2.47. The Hall–Kier alpha value is -1.24. The van der Waals surface area contributed by atoms with Crippen LogP contribution >= 0.6 is 34.8 Å². The zero-order valence-electron chi connectivity index (χ0n) is 13.8. The van der Waals surface area contributed by atoms with Crippen LogP contribution in [0, 0.1) is 10.1 Å². The van der Waals surface area contributed by atoms with E-state index in [0.717, 1.165) is 25.7 Å². The quantitative estimate of drug-likeness (QED) is 0.190. The summed E-state index contributed by atoms with van der Waals surface area (Å²) < 4.78 is 3.43. The van der Waals surface area contributed by atoms with Crippen molar-refractivity contribution in [2.24, 2.45) is 0 Å². The van der Waals surface area contributed by atoms with E-state index in [2.05, 4.69) is 12.2 Å². The number of nitro benzene ring substituents is 1. The molecule has 1 amide bonds. The Morgan fingerprint density at radius 3 is 2.48 bits per heavy atom. The van der Waals surface area contributed by atoms with Gasteiger partial charge in [-0.05, 0) is 12.5 Å². The van der Waals surface area contributed by atoms with Crippen LogP contribution < -0.4 is 10.1 Å². The number of carbonyl (C=O) groups is 1. The van der Waals surface area contributed by atoms with Gasteiger partial charge in [0.2, 0.25) is 15.9 Å². The molecule has 6 nitrogen and oxygen atoms in total. The molecule has 0 aliphatic carbocycles. The predicted octanol–water partition coefficient (Wildman–Crippen LogP) is 5.15. The van der Waals surface area contributed by atoms with Gasteiger partial charge in [-0.1, -0.05) is 79.5 Å². The lowest BCUT2D eigenvalue weighted by atomic mass is 10.1. The molecule has 0 radical (unpaired) electrons. The maximum Gasteiger partial charge on any atom is 0.311 e. The fraction of sp³-hybridized carbons (Fsp3) is 0.562. The second kappa shape index (κ2) is 10.7. The summed E-state index contributed by atoms with van der Waals surface area (Å²) >= 11 is 17.5. The molecular formula is C16H21Cl3N2O4. The zero-order valence-corrected chi connectivity index (χ0v) is 16.1.